The Morgan fingerprint density at radius 2 is 1.68 bits per heavy atom. The second-order valence-corrected chi connectivity index (χ2v) is 5.80. The number of hydrogen-bond acceptors (Lipinski definition) is 3. The number of nitrogens with zero attached hydrogens (tertiary/aromatic N) is 1. The summed E-state index contributed by atoms with van der Waals surface area (Å²) in [7, 11) is 3.38. The molecule has 7 heteroatoms. The minimum Gasteiger partial charge on any atom is -0.452 e. The predicted octanol–water partition coefficient (Wildman–Crippen LogP) is 5.02. The summed E-state index contributed by atoms with van der Waals surface area (Å²) in [4.78, 5) is 14.2. The van der Waals surface area contributed by atoms with Crippen LogP contribution in [0.4, 0.5) is 13.2 Å². The monoisotopic (exact) mass is 369 g/mol. The van der Waals surface area contributed by atoms with E-state index in [1.54, 1.807) is 43.3 Å². The number of carbonyl (C=O) groups excluding carboxylic acids is 1. The Hall–Kier alpha value is -2.47. The molecule has 2 aromatic carbocycles. The van der Waals surface area contributed by atoms with Crippen molar-refractivity contribution in [1.29, 1.82) is 0 Å². The van der Waals surface area contributed by atoms with Gasteiger partial charge in [0.1, 0.15) is 5.75 Å². The van der Waals surface area contributed by atoms with Crippen molar-refractivity contribution in [3.63, 3.8) is 0 Å². The Labute approximate surface area is 148 Å². The Morgan fingerprint density at radius 1 is 1.08 bits per heavy atom. The third-order valence-electron chi connectivity index (χ3n) is 3.13. The lowest BCUT2D eigenvalue weighted by Crippen LogP contribution is -2.15. The van der Waals surface area contributed by atoms with Gasteiger partial charge in [-0.1, -0.05) is 23.7 Å². The molecule has 0 radical (unpaired) electrons. The molecule has 0 aliphatic carbocycles. The van der Waals surface area contributed by atoms with E-state index in [2.05, 4.69) is 0 Å². The minimum atomic E-state index is -4.44. The van der Waals surface area contributed by atoms with Crippen molar-refractivity contribution < 1.29 is 22.7 Å². The van der Waals surface area contributed by atoms with E-state index in [1.165, 1.54) is 6.20 Å². The summed E-state index contributed by atoms with van der Waals surface area (Å²) in [5.74, 6) is -0.418. The average Bonchev–Trinajstić information content (AvgIpc) is 2.53. The summed E-state index contributed by atoms with van der Waals surface area (Å²) in [6, 6.07) is 10.6. The van der Waals surface area contributed by atoms with E-state index in [0.29, 0.717) is 0 Å². The van der Waals surface area contributed by atoms with Gasteiger partial charge in [-0.05, 0) is 36.4 Å². The maximum Gasteiger partial charge on any atom is 0.416 e. The standard InChI is InChI=1S/C18H15ClF3NO2/c1-23(2)11-16(17(24)14-5-3-4-6-15(14)19)25-13-9-7-12(8-10-13)18(20,21)22/h3-11H,1-2H3/b16-11+. The van der Waals surface area contributed by atoms with Crippen LogP contribution in [0.25, 0.3) is 0 Å². The molecule has 0 aliphatic rings. The molecule has 2 aromatic rings. The normalized spacial score (nSPS) is 12.0. The van der Waals surface area contributed by atoms with Gasteiger partial charge in [0.05, 0.1) is 10.6 Å². The molecule has 3 nitrogen and oxygen atoms in total. The Morgan fingerprint density at radius 3 is 2.20 bits per heavy atom. The highest BCUT2D eigenvalue weighted by Crippen LogP contribution is 2.31. The maximum absolute atomic E-state index is 12.6. The largest absolute Gasteiger partial charge is 0.452 e. The highest BCUT2D eigenvalue weighted by molar-refractivity contribution is 6.34. The van der Waals surface area contributed by atoms with Crippen LogP contribution in [-0.2, 0) is 6.18 Å². The van der Waals surface area contributed by atoms with Crippen molar-refractivity contribution in [2.24, 2.45) is 0 Å². The van der Waals surface area contributed by atoms with Crippen molar-refractivity contribution in [2.75, 3.05) is 14.1 Å². The zero-order valence-electron chi connectivity index (χ0n) is 13.5. The first-order chi connectivity index (χ1) is 11.7. The lowest BCUT2D eigenvalue weighted by atomic mass is 10.1. The first-order valence-corrected chi connectivity index (χ1v) is 7.59. The number of alkyl halides is 3. The minimum absolute atomic E-state index is 0.0575. The van der Waals surface area contributed by atoms with E-state index in [9.17, 15) is 18.0 Å². The van der Waals surface area contributed by atoms with Crippen LogP contribution in [-0.4, -0.2) is 24.8 Å². The topological polar surface area (TPSA) is 29.5 Å². The molecule has 0 bridgehead atoms. The first kappa shape index (κ1) is 18.9. The third kappa shape index (κ3) is 5.00. The Balaban J connectivity index is 2.30. The summed E-state index contributed by atoms with van der Waals surface area (Å²) in [6.07, 6.45) is -3.00. The number of halogens is 4. The van der Waals surface area contributed by atoms with Crippen LogP contribution in [0.3, 0.4) is 0 Å². The van der Waals surface area contributed by atoms with E-state index in [1.807, 2.05) is 0 Å². The Bertz CT molecular complexity index is 784. The maximum atomic E-state index is 12.6. The molecule has 0 atom stereocenters. The van der Waals surface area contributed by atoms with Gasteiger partial charge in [0, 0.05) is 25.9 Å². The molecule has 0 saturated heterocycles. The fourth-order valence-corrected chi connectivity index (χ4v) is 2.20. The van der Waals surface area contributed by atoms with Gasteiger partial charge in [0.2, 0.25) is 5.78 Å². The number of Topliss-reactive ketones (excluding diaryl/α,β-unsaturated/α-hetero) is 1. The summed E-state index contributed by atoms with van der Waals surface area (Å²) in [6.45, 7) is 0. The molecule has 0 heterocycles. The van der Waals surface area contributed by atoms with Gasteiger partial charge in [0.25, 0.3) is 0 Å². The van der Waals surface area contributed by atoms with Crippen LogP contribution in [0.1, 0.15) is 15.9 Å². The van der Waals surface area contributed by atoms with E-state index in [-0.39, 0.29) is 22.1 Å². The van der Waals surface area contributed by atoms with Crippen molar-refractivity contribution in [1.82, 2.24) is 4.90 Å². The first-order valence-electron chi connectivity index (χ1n) is 7.21. The van der Waals surface area contributed by atoms with Crippen molar-refractivity contribution in [2.45, 2.75) is 6.18 Å². The molecule has 0 saturated carbocycles. The van der Waals surface area contributed by atoms with E-state index in [0.717, 1.165) is 24.3 Å². The van der Waals surface area contributed by atoms with Crippen LogP contribution in [0.5, 0.6) is 5.75 Å². The molecule has 0 aliphatic heterocycles. The van der Waals surface area contributed by atoms with Gasteiger partial charge < -0.3 is 9.64 Å². The van der Waals surface area contributed by atoms with E-state index in [4.69, 9.17) is 16.3 Å². The van der Waals surface area contributed by atoms with Gasteiger partial charge in [-0.3, -0.25) is 4.79 Å². The van der Waals surface area contributed by atoms with E-state index < -0.39 is 17.5 Å². The zero-order valence-corrected chi connectivity index (χ0v) is 14.2. The van der Waals surface area contributed by atoms with Gasteiger partial charge >= 0.3 is 6.18 Å². The number of carbonyl (C=O) groups is 1. The second kappa shape index (κ2) is 7.61. The highest BCUT2D eigenvalue weighted by atomic mass is 35.5. The lowest BCUT2D eigenvalue weighted by molar-refractivity contribution is -0.137. The quantitative estimate of drug-likeness (QED) is 0.421. The van der Waals surface area contributed by atoms with Gasteiger partial charge in [0.15, 0.2) is 5.76 Å². The van der Waals surface area contributed by atoms with Crippen molar-refractivity contribution in [3.8, 4) is 5.75 Å². The van der Waals surface area contributed by atoms with Crippen LogP contribution < -0.4 is 4.74 Å². The van der Waals surface area contributed by atoms with Crippen LogP contribution in [0.2, 0.25) is 5.02 Å². The third-order valence-corrected chi connectivity index (χ3v) is 3.46. The fourth-order valence-electron chi connectivity index (χ4n) is 1.98. The molecule has 2 rings (SSSR count). The zero-order chi connectivity index (χ0) is 18.6. The molecule has 0 aromatic heterocycles. The van der Waals surface area contributed by atoms with E-state index >= 15 is 0 Å². The number of ketones is 1. The number of hydrogen-bond donors (Lipinski definition) is 0. The molecule has 0 amide bonds. The van der Waals surface area contributed by atoms with Crippen molar-refractivity contribution in [3.05, 3.63) is 76.6 Å². The summed E-state index contributed by atoms with van der Waals surface area (Å²) >= 11 is 6.03. The molecule has 132 valence electrons. The lowest BCUT2D eigenvalue weighted by Gasteiger charge is -2.14. The SMILES string of the molecule is CN(C)/C=C(/Oc1ccc(C(F)(F)F)cc1)C(=O)c1ccccc1Cl. The summed E-state index contributed by atoms with van der Waals surface area (Å²) in [5, 5.41) is 0.258. The highest BCUT2D eigenvalue weighted by Gasteiger charge is 2.30. The van der Waals surface area contributed by atoms with Gasteiger partial charge in [-0.2, -0.15) is 13.2 Å². The Kier molecular flexibility index (Phi) is 5.74. The summed E-state index contributed by atoms with van der Waals surface area (Å²) in [5.41, 5.74) is -0.556. The second-order valence-electron chi connectivity index (χ2n) is 5.39. The van der Waals surface area contributed by atoms with Crippen molar-refractivity contribution >= 4 is 17.4 Å². The summed E-state index contributed by atoms with van der Waals surface area (Å²) < 4.78 is 43.4. The predicted molar refractivity (Wildman–Crippen MR) is 89.6 cm³/mol. The van der Waals surface area contributed by atoms with Crippen LogP contribution in [0, 0.1) is 0 Å². The molecule has 0 spiro atoms. The molecule has 0 N–H and O–H groups in total. The number of allylic oxidation sites excluding steroid dienone is 1. The molecule has 0 fully saturated rings. The molecule has 0 unspecified atom stereocenters. The van der Waals surface area contributed by atoms with Gasteiger partial charge in [-0.25, -0.2) is 0 Å². The molecular formula is C18H15ClF3NO2. The fraction of sp³-hybridized carbons (Fsp3) is 0.167. The smallest absolute Gasteiger partial charge is 0.416 e. The van der Waals surface area contributed by atoms with Crippen LogP contribution >= 0.6 is 11.6 Å². The van der Waals surface area contributed by atoms with Gasteiger partial charge in [-0.15, -0.1) is 0 Å². The average molecular weight is 370 g/mol. The number of ether oxygens (including phenoxy) is 1. The van der Waals surface area contributed by atoms with Crippen LogP contribution in [0.15, 0.2) is 60.5 Å². The number of benzene rings is 2. The number of rotatable bonds is 5. The molecule has 25 heavy (non-hydrogen) atoms. The molecular weight excluding hydrogens is 355 g/mol.